The number of rotatable bonds is 4. The quantitative estimate of drug-likeness (QED) is 0.607. The molecule has 0 bridgehead atoms. The van der Waals surface area contributed by atoms with Gasteiger partial charge in [-0.25, -0.2) is 8.78 Å². The molecule has 0 N–H and O–H groups in total. The topological polar surface area (TPSA) is 17.1 Å². The Bertz CT molecular complexity index is 653. The second-order valence-corrected chi connectivity index (χ2v) is 5.55. The number of hydrogen-bond donors (Lipinski definition) is 0. The van der Waals surface area contributed by atoms with E-state index in [4.69, 9.17) is 0 Å². The van der Waals surface area contributed by atoms with E-state index >= 15 is 0 Å². The van der Waals surface area contributed by atoms with Gasteiger partial charge < -0.3 is 0 Å². The normalized spacial score (nSPS) is 10.6. The molecule has 0 aromatic heterocycles. The molecule has 0 amide bonds. The standard InChI is InChI=1S/C16H14F2OS/c1-10-5-3-4-6-14(10)20-9-13(19)15-12(17)8-7-11(2)16(15)18/h3-8H,9H2,1-2H3. The van der Waals surface area contributed by atoms with E-state index in [9.17, 15) is 13.6 Å². The van der Waals surface area contributed by atoms with Crippen LogP contribution in [0.2, 0.25) is 0 Å². The summed E-state index contributed by atoms with van der Waals surface area (Å²) in [5.41, 5.74) is 0.872. The minimum atomic E-state index is -0.802. The van der Waals surface area contributed by atoms with Gasteiger partial charge in [-0.05, 0) is 37.1 Å². The van der Waals surface area contributed by atoms with E-state index in [-0.39, 0.29) is 11.3 Å². The van der Waals surface area contributed by atoms with E-state index in [0.29, 0.717) is 0 Å². The number of aryl methyl sites for hydroxylation is 2. The third-order valence-electron chi connectivity index (χ3n) is 3.02. The van der Waals surface area contributed by atoms with Gasteiger partial charge in [0.05, 0.1) is 11.3 Å². The fraction of sp³-hybridized carbons (Fsp3) is 0.188. The van der Waals surface area contributed by atoms with Crippen LogP contribution < -0.4 is 0 Å². The molecule has 0 spiro atoms. The third kappa shape index (κ3) is 3.07. The van der Waals surface area contributed by atoms with Gasteiger partial charge in [0, 0.05) is 4.90 Å². The Kier molecular flexibility index (Phi) is 4.55. The lowest BCUT2D eigenvalue weighted by Crippen LogP contribution is -2.09. The van der Waals surface area contributed by atoms with E-state index in [2.05, 4.69) is 0 Å². The Morgan fingerprint density at radius 1 is 1.05 bits per heavy atom. The van der Waals surface area contributed by atoms with Gasteiger partial charge in [-0.3, -0.25) is 4.79 Å². The molecular formula is C16H14F2OS. The predicted molar refractivity (Wildman–Crippen MR) is 77.3 cm³/mol. The van der Waals surface area contributed by atoms with Crippen LogP contribution in [0, 0.1) is 25.5 Å². The van der Waals surface area contributed by atoms with Crippen LogP contribution in [0.5, 0.6) is 0 Å². The monoisotopic (exact) mass is 292 g/mol. The summed E-state index contributed by atoms with van der Waals surface area (Å²) in [7, 11) is 0. The smallest absolute Gasteiger partial charge is 0.179 e. The Hall–Kier alpha value is -1.68. The summed E-state index contributed by atoms with van der Waals surface area (Å²) in [6.45, 7) is 3.45. The van der Waals surface area contributed by atoms with Crippen LogP contribution in [0.1, 0.15) is 21.5 Å². The van der Waals surface area contributed by atoms with Gasteiger partial charge in [-0.1, -0.05) is 24.3 Å². The Labute approximate surface area is 121 Å². The Morgan fingerprint density at radius 2 is 1.75 bits per heavy atom. The summed E-state index contributed by atoms with van der Waals surface area (Å²) >= 11 is 1.29. The molecule has 0 unspecified atom stereocenters. The number of thioether (sulfide) groups is 1. The van der Waals surface area contributed by atoms with E-state index in [1.165, 1.54) is 24.8 Å². The van der Waals surface area contributed by atoms with Gasteiger partial charge in [0.15, 0.2) is 5.78 Å². The number of hydrogen-bond acceptors (Lipinski definition) is 2. The molecule has 0 radical (unpaired) electrons. The molecule has 20 heavy (non-hydrogen) atoms. The SMILES string of the molecule is Cc1ccccc1SCC(=O)c1c(F)ccc(C)c1F. The third-order valence-corrected chi connectivity index (χ3v) is 4.19. The number of benzene rings is 2. The first-order valence-corrected chi connectivity index (χ1v) is 7.15. The zero-order chi connectivity index (χ0) is 14.7. The zero-order valence-corrected chi connectivity index (χ0v) is 12.1. The summed E-state index contributed by atoms with van der Waals surface area (Å²) in [5.74, 6) is -2.08. The number of carbonyl (C=O) groups is 1. The van der Waals surface area contributed by atoms with E-state index < -0.39 is 23.0 Å². The lowest BCUT2D eigenvalue weighted by molar-refractivity contribution is 0.101. The number of carbonyl (C=O) groups excluding carboxylic acids is 1. The summed E-state index contributed by atoms with van der Waals surface area (Å²) in [5, 5.41) is 0. The van der Waals surface area contributed by atoms with Crippen LogP contribution >= 0.6 is 11.8 Å². The molecule has 2 aromatic rings. The highest BCUT2D eigenvalue weighted by molar-refractivity contribution is 8.00. The van der Waals surface area contributed by atoms with Crippen LogP contribution in [0.15, 0.2) is 41.3 Å². The van der Waals surface area contributed by atoms with Crippen LogP contribution in [0.25, 0.3) is 0 Å². The molecule has 0 fully saturated rings. The number of halogens is 2. The van der Waals surface area contributed by atoms with E-state index in [1.54, 1.807) is 0 Å². The van der Waals surface area contributed by atoms with Crippen molar-refractivity contribution in [2.75, 3.05) is 5.75 Å². The van der Waals surface area contributed by atoms with Gasteiger partial charge in [0.1, 0.15) is 11.6 Å². The Balaban J connectivity index is 2.18. The first kappa shape index (κ1) is 14.7. The molecule has 0 saturated heterocycles. The largest absolute Gasteiger partial charge is 0.293 e. The Morgan fingerprint density at radius 3 is 2.45 bits per heavy atom. The fourth-order valence-corrected chi connectivity index (χ4v) is 2.75. The van der Waals surface area contributed by atoms with Crippen molar-refractivity contribution in [3.8, 4) is 0 Å². The van der Waals surface area contributed by atoms with Crippen molar-refractivity contribution < 1.29 is 13.6 Å². The van der Waals surface area contributed by atoms with Gasteiger partial charge in [-0.2, -0.15) is 0 Å². The maximum atomic E-state index is 13.8. The average Bonchev–Trinajstić information content (AvgIpc) is 2.42. The molecule has 0 heterocycles. The molecule has 0 aliphatic heterocycles. The molecule has 2 rings (SSSR count). The van der Waals surface area contributed by atoms with Crippen LogP contribution in [0.3, 0.4) is 0 Å². The predicted octanol–water partition coefficient (Wildman–Crippen LogP) is 4.56. The molecule has 0 atom stereocenters. The van der Waals surface area contributed by atoms with Crippen molar-refractivity contribution in [2.45, 2.75) is 18.7 Å². The highest BCUT2D eigenvalue weighted by Crippen LogP contribution is 2.24. The molecular weight excluding hydrogens is 278 g/mol. The van der Waals surface area contributed by atoms with E-state index in [0.717, 1.165) is 16.5 Å². The van der Waals surface area contributed by atoms with Crippen molar-refractivity contribution in [3.63, 3.8) is 0 Å². The highest BCUT2D eigenvalue weighted by Gasteiger charge is 2.19. The maximum Gasteiger partial charge on any atom is 0.179 e. The first-order valence-electron chi connectivity index (χ1n) is 6.17. The highest BCUT2D eigenvalue weighted by atomic mass is 32.2. The summed E-state index contributed by atoms with van der Waals surface area (Å²) in [6, 6.07) is 10.0. The molecule has 0 aliphatic rings. The van der Waals surface area contributed by atoms with Crippen LogP contribution in [0.4, 0.5) is 8.78 Å². The second kappa shape index (κ2) is 6.18. The van der Waals surface area contributed by atoms with E-state index in [1.807, 2.05) is 31.2 Å². The maximum absolute atomic E-state index is 13.8. The molecule has 1 nitrogen and oxygen atoms in total. The van der Waals surface area contributed by atoms with Crippen LogP contribution in [-0.2, 0) is 0 Å². The minimum absolute atomic E-state index is 0.0160. The first-order chi connectivity index (χ1) is 9.50. The summed E-state index contributed by atoms with van der Waals surface area (Å²) in [6.07, 6.45) is 0. The van der Waals surface area contributed by atoms with Crippen molar-refractivity contribution in [1.82, 2.24) is 0 Å². The van der Waals surface area contributed by atoms with Crippen molar-refractivity contribution >= 4 is 17.5 Å². The molecule has 2 aromatic carbocycles. The van der Waals surface area contributed by atoms with Gasteiger partial charge in [0.2, 0.25) is 0 Å². The van der Waals surface area contributed by atoms with Gasteiger partial charge in [0.25, 0.3) is 0 Å². The number of ketones is 1. The van der Waals surface area contributed by atoms with Crippen molar-refractivity contribution in [1.29, 1.82) is 0 Å². The number of Topliss-reactive ketones (excluding diaryl/α,β-unsaturated/α-hetero) is 1. The average molecular weight is 292 g/mol. The molecule has 4 heteroatoms. The van der Waals surface area contributed by atoms with Gasteiger partial charge in [-0.15, -0.1) is 11.8 Å². The lowest BCUT2D eigenvalue weighted by atomic mass is 10.1. The van der Waals surface area contributed by atoms with Gasteiger partial charge >= 0.3 is 0 Å². The molecule has 0 saturated carbocycles. The van der Waals surface area contributed by atoms with Crippen molar-refractivity contribution in [2.24, 2.45) is 0 Å². The lowest BCUT2D eigenvalue weighted by Gasteiger charge is -2.07. The van der Waals surface area contributed by atoms with Crippen molar-refractivity contribution in [3.05, 3.63) is 64.7 Å². The van der Waals surface area contributed by atoms with Crippen LogP contribution in [-0.4, -0.2) is 11.5 Å². The summed E-state index contributed by atoms with van der Waals surface area (Å²) in [4.78, 5) is 13.0. The fourth-order valence-electron chi connectivity index (χ4n) is 1.85. The molecule has 0 aliphatic carbocycles. The minimum Gasteiger partial charge on any atom is -0.293 e. The zero-order valence-electron chi connectivity index (χ0n) is 11.2. The second-order valence-electron chi connectivity index (χ2n) is 4.53. The molecule has 104 valence electrons. The summed E-state index contributed by atoms with van der Waals surface area (Å²) < 4.78 is 27.5.